The number of rotatable bonds is 2. The second kappa shape index (κ2) is 4.31. The van der Waals surface area contributed by atoms with Crippen molar-refractivity contribution in [2.45, 2.75) is 0 Å². The number of hydrogen-bond acceptors (Lipinski definition) is 2. The van der Waals surface area contributed by atoms with Crippen LogP contribution in [0.15, 0.2) is 52.9 Å². The first-order chi connectivity index (χ1) is 8.76. The highest BCUT2D eigenvalue weighted by molar-refractivity contribution is 6.31. The minimum absolute atomic E-state index is 0.651. The lowest BCUT2D eigenvalue weighted by Gasteiger charge is -1.96. The van der Waals surface area contributed by atoms with Crippen LogP contribution in [0.3, 0.4) is 0 Å². The fourth-order valence-electron chi connectivity index (χ4n) is 1.88. The maximum Gasteiger partial charge on any atom is 0.150 e. The molecule has 0 spiro atoms. The number of benzene rings is 2. The summed E-state index contributed by atoms with van der Waals surface area (Å²) in [6, 6.07) is 14.7. The molecule has 0 aliphatic rings. The molecule has 88 valence electrons. The zero-order valence-corrected chi connectivity index (χ0v) is 10.1. The van der Waals surface area contributed by atoms with Gasteiger partial charge in [0.15, 0.2) is 0 Å². The first kappa shape index (κ1) is 11.1. The lowest BCUT2D eigenvalue weighted by molar-refractivity contribution is 0.112. The van der Waals surface area contributed by atoms with Crippen molar-refractivity contribution in [1.29, 1.82) is 0 Å². The van der Waals surface area contributed by atoms with E-state index in [-0.39, 0.29) is 0 Å². The monoisotopic (exact) mass is 256 g/mol. The summed E-state index contributed by atoms with van der Waals surface area (Å²) in [6.07, 6.45) is 0.822. The Morgan fingerprint density at radius 3 is 2.50 bits per heavy atom. The molecule has 2 nitrogen and oxygen atoms in total. The van der Waals surface area contributed by atoms with Gasteiger partial charge in [-0.15, -0.1) is 0 Å². The summed E-state index contributed by atoms with van der Waals surface area (Å²) in [4.78, 5) is 10.6. The molecule has 1 heterocycles. The lowest BCUT2D eigenvalue weighted by Crippen LogP contribution is -1.78. The Hall–Kier alpha value is -2.06. The van der Waals surface area contributed by atoms with Gasteiger partial charge in [0.05, 0.1) is 0 Å². The van der Waals surface area contributed by atoms with Gasteiger partial charge in [-0.3, -0.25) is 4.79 Å². The number of aldehydes is 1. The van der Waals surface area contributed by atoms with E-state index in [1.165, 1.54) is 0 Å². The minimum Gasteiger partial charge on any atom is -0.456 e. The first-order valence-corrected chi connectivity index (χ1v) is 5.89. The Morgan fingerprint density at radius 2 is 1.78 bits per heavy atom. The van der Waals surface area contributed by atoms with Gasteiger partial charge in [-0.1, -0.05) is 35.9 Å². The smallest absolute Gasteiger partial charge is 0.150 e. The van der Waals surface area contributed by atoms with Gasteiger partial charge < -0.3 is 4.42 Å². The van der Waals surface area contributed by atoms with E-state index in [1.54, 1.807) is 18.2 Å². The van der Waals surface area contributed by atoms with Gasteiger partial charge in [-0.05, 0) is 24.3 Å². The zero-order chi connectivity index (χ0) is 12.5. The molecule has 3 rings (SSSR count). The molecule has 18 heavy (non-hydrogen) atoms. The van der Waals surface area contributed by atoms with E-state index in [9.17, 15) is 4.79 Å². The van der Waals surface area contributed by atoms with Crippen molar-refractivity contribution >= 4 is 28.9 Å². The Balaban J connectivity index is 2.10. The summed E-state index contributed by atoms with van der Waals surface area (Å²) in [5, 5.41) is 1.66. The van der Waals surface area contributed by atoms with Crippen molar-refractivity contribution in [3.05, 3.63) is 59.1 Å². The highest BCUT2D eigenvalue weighted by Crippen LogP contribution is 2.29. The zero-order valence-electron chi connectivity index (χ0n) is 9.39. The average molecular weight is 257 g/mol. The summed E-state index contributed by atoms with van der Waals surface area (Å²) in [5.41, 5.74) is 2.39. The van der Waals surface area contributed by atoms with E-state index in [0.717, 1.165) is 28.6 Å². The molecule has 0 saturated carbocycles. The lowest BCUT2D eigenvalue weighted by atomic mass is 10.1. The molecule has 0 aliphatic carbocycles. The predicted molar refractivity (Wildman–Crippen MR) is 72.0 cm³/mol. The molecule has 0 amide bonds. The summed E-state index contributed by atoms with van der Waals surface area (Å²) in [5.74, 6) is 0.768. The van der Waals surface area contributed by atoms with Crippen LogP contribution in [0.25, 0.3) is 22.3 Å². The third kappa shape index (κ3) is 1.91. The van der Waals surface area contributed by atoms with Crippen LogP contribution < -0.4 is 0 Å². The topological polar surface area (TPSA) is 30.2 Å². The molecule has 2 aromatic carbocycles. The van der Waals surface area contributed by atoms with Gasteiger partial charge in [0.2, 0.25) is 0 Å². The van der Waals surface area contributed by atoms with Crippen molar-refractivity contribution in [1.82, 2.24) is 0 Å². The fourth-order valence-corrected chi connectivity index (χ4v) is 2.06. The SMILES string of the molecule is O=Cc1ccc(-c2cc3cc(Cl)ccc3o2)cc1. The van der Waals surface area contributed by atoms with Crippen LogP contribution >= 0.6 is 11.6 Å². The maximum absolute atomic E-state index is 10.6. The van der Waals surface area contributed by atoms with Crippen molar-refractivity contribution < 1.29 is 9.21 Å². The molecular weight excluding hydrogens is 248 g/mol. The van der Waals surface area contributed by atoms with E-state index in [2.05, 4.69) is 0 Å². The van der Waals surface area contributed by atoms with Crippen molar-refractivity contribution in [2.75, 3.05) is 0 Å². The van der Waals surface area contributed by atoms with Crippen molar-refractivity contribution in [2.24, 2.45) is 0 Å². The summed E-state index contributed by atoms with van der Waals surface area (Å²) < 4.78 is 5.74. The van der Waals surface area contributed by atoms with Crippen LogP contribution in [0.5, 0.6) is 0 Å². The molecule has 0 unspecified atom stereocenters. The number of carbonyl (C=O) groups is 1. The van der Waals surface area contributed by atoms with Crippen LogP contribution in [-0.4, -0.2) is 6.29 Å². The molecule has 0 atom stereocenters. The number of halogens is 1. The molecule has 0 saturated heterocycles. The Kier molecular flexibility index (Phi) is 2.65. The van der Waals surface area contributed by atoms with Crippen molar-refractivity contribution in [3.63, 3.8) is 0 Å². The Labute approximate surface area is 109 Å². The van der Waals surface area contributed by atoms with E-state index in [1.807, 2.05) is 30.3 Å². The number of hydrogen-bond donors (Lipinski definition) is 0. The molecule has 1 aromatic heterocycles. The molecule has 3 aromatic rings. The van der Waals surface area contributed by atoms with Gasteiger partial charge in [-0.2, -0.15) is 0 Å². The predicted octanol–water partition coefficient (Wildman–Crippen LogP) is 4.57. The minimum atomic E-state index is 0.651. The normalized spacial score (nSPS) is 10.7. The second-order valence-electron chi connectivity index (χ2n) is 4.03. The highest BCUT2D eigenvalue weighted by atomic mass is 35.5. The molecule has 0 aliphatic heterocycles. The molecule has 0 N–H and O–H groups in total. The van der Waals surface area contributed by atoms with Crippen molar-refractivity contribution in [3.8, 4) is 11.3 Å². The molecule has 0 bridgehead atoms. The second-order valence-corrected chi connectivity index (χ2v) is 4.47. The average Bonchev–Trinajstić information content (AvgIpc) is 2.81. The summed E-state index contributed by atoms with van der Waals surface area (Å²) in [6.45, 7) is 0. The third-order valence-corrected chi connectivity index (χ3v) is 3.04. The first-order valence-electron chi connectivity index (χ1n) is 5.51. The third-order valence-electron chi connectivity index (χ3n) is 2.81. The largest absolute Gasteiger partial charge is 0.456 e. The fraction of sp³-hybridized carbons (Fsp3) is 0. The molecule has 0 fully saturated rings. The van der Waals surface area contributed by atoms with Gasteiger partial charge in [0.1, 0.15) is 17.6 Å². The van der Waals surface area contributed by atoms with Crippen LogP contribution in [0, 0.1) is 0 Å². The van der Waals surface area contributed by atoms with Gasteiger partial charge in [0, 0.05) is 21.5 Å². The quantitative estimate of drug-likeness (QED) is 0.629. The Bertz CT molecular complexity index is 711. The molecule has 3 heteroatoms. The highest BCUT2D eigenvalue weighted by Gasteiger charge is 2.06. The molecular formula is C15H9ClO2. The number of furan rings is 1. The Morgan fingerprint density at radius 1 is 1.00 bits per heavy atom. The number of carbonyl (C=O) groups excluding carboxylic acids is 1. The molecule has 0 radical (unpaired) electrons. The van der Waals surface area contributed by atoms with Crippen LogP contribution in [0.4, 0.5) is 0 Å². The van der Waals surface area contributed by atoms with E-state index < -0.39 is 0 Å². The van der Waals surface area contributed by atoms with Crippen LogP contribution in [-0.2, 0) is 0 Å². The van der Waals surface area contributed by atoms with Crippen LogP contribution in [0.1, 0.15) is 10.4 Å². The van der Waals surface area contributed by atoms with Gasteiger partial charge in [-0.25, -0.2) is 0 Å². The van der Waals surface area contributed by atoms with Crippen LogP contribution in [0.2, 0.25) is 5.02 Å². The van der Waals surface area contributed by atoms with E-state index >= 15 is 0 Å². The number of fused-ring (bicyclic) bond motifs is 1. The van der Waals surface area contributed by atoms with E-state index in [0.29, 0.717) is 10.6 Å². The van der Waals surface area contributed by atoms with Gasteiger partial charge >= 0.3 is 0 Å². The van der Waals surface area contributed by atoms with E-state index in [4.69, 9.17) is 16.0 Å². The standard InChI is InChI=1S/C15H9ClO2/c16-13-5-6-14-12(7-13)8-15(18-14)11-3-1-10(9-17)2-4-11/h1-9H. The van der Waals surface area contributed by atoms with Gasteiger partial charge in [0.25, 0.3) is 0 Å². The summed E-state index contributed by atoms with van der Waals surface area (Å²) >= 11 is 5.93. The maximum atomic E-state index is 10.6. The summed E-state index contributed by atoms with van der Waals surface area (Å²) in [7, 11) is 0.